The Morgan fingerprint density at radius 1 is 1.12 bits per heavy atom. The van der Waals surface area contributed by atoms with Crippen LogP contribution in [0.25, 0.3) is 11.4 Å². The number of hydrogen-bond donors (Lipinski definition) is 1. The number of hydrogen-bond acceptors (Lipinski definition) is 8. The Kier molecular flexibility index (Phi) is 7.42. The van der Waals surface area contributed by atoms with Crippen LogP contribution in [0.15, 0.2) is 40.9 Å². The van der Waals surface area contributed by atoms with Gasteiger partial charge in [-0.2, -0.15) is 4.98 Å². The lowest BCUT2D eigenvalue weighted by molar-refractivity contribution is -0.120. The zero-order valence-electron chi connectivity index (χ0n) is 19.3. The molecule has 0 radical (unpaired) electrons. The van der Waals surface area contributed by atoms with Crippen molar-refractivity contribution >= 4 is 29.2 Å². The Bertz CT molecular complexity index is 1140. The van der Waals surface area contributed by atoms with Crippen molar-refractivity contribution < 1.29 is 23.5 Å². The third-order valence-electron chi connectivity index (χ3n) is 5.69. The number of nitrogens with one attached hydrogen (secondary N) is 1. The molecule has 2 aromatic carbocycles. The van der Waals surface area contributed by atoms with Crippen LogP contribution in [-0.2, 0) is 4.79 Å². The Labute approximate surface area is 202 Å². The fourth-order valence-corrected chi connectivity index (χ4v) is 4.06. The highest BCUT2D eigenvalue weighted by molar-refractivity contribution is 6.31. The second kappa shape index (κ2) is 10.6. The summed E-state index contributed by atoms with van der Waals surface area (Å²) < 4.78 is 21.8. The Morgan fingerprint density at radius 3 is 2.56 bits per heavy atom. The molecule has 3 aromatic rings. The van der Waals surface area contributed by atoms with E-state index in [2.05, 4.69) is 15.5 Å². The molecule has 10 heteroatoms. The molecule has 180 valence electrons. The standard InChI is InChI=1S/C24H27ClN4O5/c1-4-33-20-7-5-16(13-21(20)32-3)22-27-24(34-28-22)29-11-9-15(10-12-29)23(30)26-18-14-17(25)6-8-19(18)31-2/h5-8,13-15H,4,9-12H2,1-3H3,(H,26,30). The molecule has 0 bridgehead atoms. The van der Waals surface area contributed by atoms with Crippen LogP contribution in [0.1, 0.15) is 19.8 Å². The number of carbonyl (C=O) groups is 1. The van der Waals surface area contributed by atoms with E-state index < -0.39 is 0 Å². The number of rotatable bonds is 8. The van der Waals surface area contributed by atoms with Crippen molar-refractivity contribution in [3.05, 3.63) is 41.4 Å². The predicted molar refractivity (Wildman–Crippen MR) is 129 cm³/mol. The molecule has 0 unspecified atom stereocenters. The molecule has 0 spiro atoms. The summed E-state index contributed by atoms with van der Waals surface area (Å²) in [5.41, 5.74) is 1.33. The van der Waals surface area contributed by atoms with E-state index in [1.807, 2.05) is 30.0 Å². The van der Waals surface area contributed by atoms with E-state index in [9.17, 15) is 4.79 Å². The van der Waals surface area contributed by atoms with Gasteiger partial charge in [-0.3, -0.25) is 4.79 Å². The molecular formula is C24H27ClN4O5. The number of methoxy groups -OCH3 is 2. The molecule has 2 heterocycles. The maximum atomic E-state index is 12.8. The van der Waals surface area contributed by atoms with Gasteiger partial charge in [0, 0.05) is 29.6 Å². The van der Waals surface area contributed by atoms with Crippen LogP contribution in [0.2, 0.25) is 5.02 Å². The van der Waals surface area contributed by atoms with Crippen LogP contribution in [0.5, 0.6) is 17.2 Å². The Morgan fingerprint density at radius 2 is 1.85 bits per heavy atom. The average molecular weight is 487 g/mol. The third kappa shape index (κ3) is 5.20. The lowest BCUT2D eigenvalue weighted by Crippen LogP contribution is -2.38. The van der Waals surface area contributed by atoms with Gasteiger partial charge in [0.2, 0.25) is 11.7 Å². The van der Waals surface area contributed by atoms with Gasteiger partial charge in [0.15, 0.2) is 11.5 Å². The van der Waals surface area contributed by atoms with Crippen LogP contribution in [-0.4, -0.2) is 50.0 Å². The number of benzene rings is 2. The Hall–Kier alpha value is -3.46. The van der Waals surface area contributed by atoms with Crippen molar-refractivity contribution in [1.29, 1.82) is 0 Å². The summed E-state index contributed by atoms with van der Waals surface area (Å²) >= 11 is 6.06. The monoisotopic (exact) mass is 486 g/mol. The predicted octanol–water partition coefficient (Wildman–Crippen LogP) is 4.66. The number of anilines is 2. The first kappa shape index (κ1) is 23.7. The topological polar surface area (TPSA) is 99.0 Å². The zero-order valence-corrected chi connectivity index (χ0v) is 20.1. The molecule has 1 aromatic heterocycles. The van der Waals surface area contributed by atoms with Crippen molar-refractivity contribution in [3.8, 4) is 28.6 Å². The minimum absolute atomic E-state index is 0.0621. The van der Waals surface area contributed by atoms with Gasteiger partial charge in [0.25, 0.3) is 0 Å². The largest absolute Gasteiger partial charge is 0.495 e. The smallest absolute Gasteiger partial charge is 0.324 e. The first-order valence-corrected chi connectivity index (χ1v) is 11.4. The molecule has 1 N–H and O–H groups in total. The summed E-state index contributed by atoms with van der Waals surface area (Å²) in [6.07, 6.45) is 1.31. The van der Waals surface area contributed by atoms with E-state index in [4.69, 9.17) is 30.3 Å². The summed E-state index contributed by atoms with van der Waals surface area (Å²) in [6, 6.07) is 11.1. The molecule has 0 atom stereocenters. The van der Waals surface area contributed by atoms with E-state index in [-0.39, 0.29) is 11.8 Å². The van der Waals surface area contributed by atoms with E-state index >= 15 is 0 Å². The molecule has 4 rings (SSSR count). The second-order valence-corrected chi connectivity index (χ2v) is 8.23. The molecular weight excluding hydrogens is 460 g/mol. The van der Waals surface area contributed by atoms with Gasteiger partial charge >= 0.3 is 6.01 Å². The lowest BCUT2D eigenvalue weighted by atomic mass is 9.96. The second-order valence-electron chi connectivity index (χ2n) is 7.79. The number of nitrogens with zero attached hydrogens (tertiary/aromatic N) is 3. The van der Waals surface area contributed by atoms with Gasteiger partial charge in [-0.25, -0.2) is 0 Å². The average Bonchev–Trinajstić information content (AvgIpc) is 3.35. The lowest BCUT2D eigenvalue weighted by Gasteiger charge is -2.29. The van der Waals surface area contributed by atoms with Gasteiger partial charge in [-0.15, -0.1) is 0 Å². The Balaban J connectivity index is 1.38. The van der Waals surface area contributed by atoms with Gasteiger partial charge in [-0.05, 0) is 56.2 Å². The van der Waals surface area contributed by atoms with Crippen molar-refractivity contribution in [1.82, 2.24) is 10.1 Å². The number of carbonyl (C=O) groups excluding carboxylic acids is 1. The van der Waals surface area contributed by atoms with Crippen LogP contribution >= 0.6 is 11.6 Å². The summed E-state index contributed by atoms with van der Waals surface area (Å²) in [5, 5.41) is 7.59. The van der Waals surface area contributed by atoms with E-state index in [1.54, 1.807) is 32.4 Å². The van der Waals surface area contributed by atoms with Crippen LogP contribution in [0.3, 0.4) is 0 Å². The van der Waals surface area contributed by atoms with Crippen molar-refractivity contribution in [2.75, 3.05) is 44.1 Å². The highest BCUT2D eigenvalue weighted by atomic mass is 35.5. The molecule has 0 aliphatic carbocycles. The van der Waals surface area contributed by atoms with Crippen molar-refractivity contribution in [2.24, 2.45) is 5.92 Å². The summed E-state index contributed by atoms with van der Waals surface area (Å²) in [5.74, 6) is 2.09. The van der Waals surface area contributed by atoms with Crippen molar-refractivity contribution in [2.45, 2.75) is 19.8 Å². The maximum absolute atomic E-state index is 12.8. The number of ether oxygens (including phenoxy) is 3. The molecule has 34 heavy (non-hydrogen) atoms. The first-order valence-electron chi connectivity index (χ1n) is 11.1. The summed E-state index contributed by atoms with van der Waals surface area (Å²) in [6.45, 7) is 3.71. The van der Waals surface area contributed by atoms with Crippen LogP contribution in [0.4, 0.5) is 11.7 Å². The zero-order chi connectivity index (χ0) is 24.1. The summed E-state index contributed by atoms with van der Waals surface area (Å²) in [7, 11) is 3.14. The fourth-order valence-electron chi connectivity index (χ4n) is 3.89. The third-order valence-corrected chi connectivity index (χ3v) is 5.93. The summed E-state index contributed by atoms with van der Waals surface area (Å²) in [4.78, 5) is 19.3. The highest BCUT2D eigenvalue weighted by Crippen LogP contribution is 2.33. The van der Waals surface area contributed by atoms with Gasteiger partial charge in [0.1, 0.15) is 5.75 Å². The molecule has 1 fully saturated rings. The van der Waals surface area contributed by atoms with Crippen molar-refractivity contribution in [3.63, 3.8) is 0 Å². The minimum atomic E-state index is -0.141. The SMILES string of the molecule is CCOc1ccc(-c2noc(N3CCC(C(=O)Nc4cc(Cl)ccc4OC)CC3)n2)cc1OC. The molecule has 1 aliphatic rings. The van der Waals surface area contributed by atoms with E-state index in [1.165, 1.54) is 0 Å². The molecule has 1 aliphatic heterocycles. The van der Waals surface area contributed by atoms with Crippen LogP contribution < -0.4 is 24.4 Å². The van der Waals surface area contributed by atoms with E-state index in [0.29, 0.717) is 72.3 Å². The number of aromatic nitrogens is 2. The van der Waals surface area contributed by atoms with Crippen LogP contribution in [0, 0.1) is 5.92 Å². The maximum Gasteiger partial charge on any atom is 0.324 e. The molecule has 1 amide bonds. The minimum Gasteiger partial charge on any atom is -0.495 e. The van der Waals surface area contributed by atoms with Gasteiger partial charge in [0.05, 0.1) is 26.5 Å². The van der Waals surface area contributed by atoms with Gasteiger partial charge in [-0.1, -0.05) is 16.8 Å². The molecule has 1 saturated heterocycles. The first-order chi connectivity index (χ1) is 16.5. The molecule has 0 saturated carbocycles. The fraction of sp³-hybridized carbons (Fsp3) is 0.375. The van der Waals surface area contributed by atoms with E-state index in [0.717, 1.165) is 5.56 Å². The quantitative estimate of drug-likeness (QED) is 0.490. The molecule has 9 nitrogen and oxygen atoms in total. The van der Waals surface area contributed by atoms with Gasteiger partial charge < -0.3 is 29.0 Å². The number of amides is 1. The number of halogens is 1. The number of piperidine rings is 1. The normalized spacial score (nSPS) is 14.1. The highest BCUT2D eigenvalue weighted by Gasteiger charge is 2.28.